The second-order valence-corrected chi connectivity index (χ2v) is 5.51. The molecule has 0 bridgehead atoms. The zero-order valence-electron chi connectivity index (χ0n) is 12.2. The minimum absolute atomic E-state index is 0.00797. The Kier molecular flexibility index (Phi) is 4.83. The van der Waals surface area contributed by atoms with Gasteiger partial charge in [0, 0.05) is 38.9 Å². The number of halogens is 1. The predicted octanol–water partition coefficient (Wildman–Crippen LogP) is 1.94. The van der Waals surface area contributed by atoms with Crippen LogP contribution in [0.5, 0.6) is 0 Å². The zero-order chi connectivity index (χ0) is 14.7. The second-order valence-electron chi connectivity index (χ2n) is 5.10. The van der Waals surface area contributed by atoms with Crippen LogP contribution in [0.15, 0.2) is 12.3 Å². The molecule has 5 nitrogen and oxygen atoms in total. The van der Waals surface area contributed by atoms with E-state index in [0.29, 0.717) is 22.4 Å². The van der Waals surface area contributed by atoms with Crippen molar-refractivity contribution in [2.45, 2.75) is 19.4 Å². The summed E-state index contributed by atoms with van der Waals surface area (Å²) in [5.41, 5.74) is 0.549. The largest absolute Gasteiger partial charge is 0.372 e. The molecule has 110 valence electrons. The lowest BCUT2D eigenvalue weighted by atomic mass is 10.1. The molecule has 0 radical (unpaired) electrons. The Hall–Kier alpha value is -1.33. The van der Waals surface area contributed by atoms with E-state index >= 15 is 0 Å². The smallest absolute Gasteiger partial charge is 0.255 e. The summed E-state index contributed by atoms with van der Waals surface area (Å²) < 4.78 is 0. The molecule has 1 N–H and O–H groups in total. The Morgan fingerprint density at radius 3 is 2.90 bits per heavy atom. The third-order valence-electron chi connectivity index (χ3n) is 3.86. The highest BCUT2D eigenvalue weighted by Crippen LogP contribution is 2.21. The SMILES string of the molecule is CCC1CN(C(=O)c2cnc(NC)c(Cl)c2)CCN1C. The minimum atomic E-state index is 0.00797. The number of likely N-dealkylation sites (N-methyl/N-ethyl adjacent to an activating group) is 1. The molecular formula is C14H21ClN4O. The molecule has 1 saturated heterocycles. The third kappa shape index (κ3) is 3.04. The number of amides is 1. The van der Waals surface area contributed by atoms with Crippen LogP contribution in [0.2, 0.25) is 5.02 Å². The normalized spacial score (nSPS) is 20.0. The van der Waals surface area contributed by atoms with Crippen LogP contribution in [-0.2, 0) is 0 Å². The molecule has 1 aliphatic heterocycles. The first-order chi connectivity index (χ1) is 9.56. The first-order valence-electron chi connectivity index (χ1n) is 6.89. The van der Waals surface area contributed by atoms with Crippen molar-refractivity contribution in [3.8, 4) is 0 Å². The van der Waals surface area contributed by atoms with Gasteiger partial charge in [0.25, 0.3) is 5.91 Å². The topological polar surface area (TPSA) is 48.5 Å². The number of piperazine rings is 1. The number of hydrogen-bond acceptors (Lipinski definition) is 4. The fourth-order valence-corrected chi connectivity index (χ4v) is 2.75. The number of pyridine rings is 1. The van der Waals surface area contributed by atoms with Gasteiger partial charge < -0.3 is 10.2 Å². The van der Waals surface area contributed by atoms with Crippen LogP contribution < -0.4 is 5.32 Å². The van der Waals surface area contributed by atoms with E-state index in [2.05, 4.69) is 29.2 Å². The number of rotatable bonds is 3. The van der Waals surface area contributed by atoms with Crippen molar-refractivity contribution < 1.29 is 4.79 Å². The maximum atomic E-state index is 12.5. The lowest BCUT2D eigenvalue weighted by molar-refractivity contribution is 0.0541. The number of nitrogens with one attached hydrogen (secondary N) is 1. The van der Waals surface area contributed by atoms with Crippen LogP contribution in [0.4, 0.5) is 5.82 Å². The average Bonchev–Trinajstić information content (AvgIpc) is 2.47. The zero-order valence-corrected chi connectivity index (χ0v) is 12.9. The Morgan fingerprint density at radius 1 is 1.55 bits per heavy atom. The van der Waals surface area contributed by atoms with Crippen molar-refractivity contribution >= 4 is 23.3 Å². The Morgan fingerprint density at radius 2 is 2.30 bits per heavy atom. The van der Waals surface area contributed by atoms with Crippen molar-refractivity contribution in [2.24, 2.45) is 0 Å². The molecule has 2 heterocycles. The fourth-order valence-electron chi connectivity index (χ4n) is 2.49. The van der Waals surface area contributed by atoms with E-state index < -0.39 is 0 Å². The summed E-state index contributed by atoms with van der Waals surface area (Å²) >= 11 is 6.09. The summed E-state index contributed by atoms with van der Waals surface area (Å²) in [5.74, 6) is 0.599. The fraction of sp³-hybridized carbons (Fsp3) is 0.571. The Balaban J connectivity index is 2.13. The monoisotopic (exact) mass is 296 g/mol. The lowest BCUT2D eigenvalue weighted by Gasteiger charge is -2.39. The van der Waals surface area contributed by atoms with Crippen molar-refractivity contribution in [3.05, 3.63) is 22.8 Å². The van der Waals surface area contributed by atoms with Gasteiger partial charge in [0.05, 0.1) is 10.6 Å². The van der Waals surface area contributed by atoms with Gasteiger partial charge >= 0.3 is 0 Å². The third-order valence-corrected chi connectivity index (χ3v) is 4.15. The van der Waals surface area contributed by atoms with Gasteiger partial charge in [0.1, 0.15) is 5.82 Å². The number of hydrogen-bond donors (Lipinski definition) is 1. The molecular weight excluding hydrogens is 276 g/mol. The standard InChI is InChI=1S/C14H21ClN4O/c1-4-11-9-19(6-5-18(11)3)14(20)10-7-12(15)13(16-2)17-8-10/h7-8,11H,4-6,9H2,1-3H3,(H,16,17). The number of nitrogens with zero attached hydrogens (tertiary/aromatic N) is 3. The summed E-state index contributed by atoms with van der Waals surface area (Å²) in [5, 5.41) is 3.36. The molecule has 1 amide bonds. The van der Waals surface area contributed by atoms with Gasteiger partial charge in [-0.15, -0.1) is 0 Å². The number of anilines is 1. The van der Waals surface area contributed by atoms with Gasteiger partial charge in [0.15, 0.2) is 0 Å². The van der Waals surface area contributed by atoms with Crippen LogP contribution in [0.25, 0.3) is 0 Å². The van der Waals surface area contributed by atoms with Crippen molar-refractivity contribution in [1.82, 2.24) is 14.8 Å². The molecule has 1 unspecified atom stereocenters. The summed E-state index contributed by atoms with van der Waals surface area (Å²) in [7, 11) is 3.86. The van der Waals surface area contributed by atoms with Crippen molar-refractivity contribution in [1.29, 1.82) is 0 Å². The number of carbonyl (C=O) groups is 1. The van der Waals surface area contributed by atoms with E-state index in [-0.39, 0.29) is 5.91 Å². The van der Waals surface area contributed by atoms with E-state index in [9.17, 15) is 4.79 Å². The van der Waals surface area contributed by atoms with Gasteiger partial charge in [-0.25, -0.2) is 4.98 Å². The molecule has 0 aromatic carbocycles. The van der Waals surface area contributed by atoms with Gasteiger partial charge in [0.2, 0.25) is 0 Å². The van der Waals surface area contributed by atoms with E-state index in [1.54, 1.807) is 19.3 Å². The summed E-state index contributed by atoms with van der Waals surface area (Å²) in [6.45, 7) is 4.56. The average molecular weight is 297 g/mol. The molecule has 2 rings (SSSR count). The van der Waals surface area contributed by atoms with Gasteiger partial charge in [-0.3, -0.25) is 9.69 Å². The Labute approximate surface area is 124 Å². The summed E-state index contributed by atoms with van der Waals surface area (Å²) in [6.07, 6.45) is 2.62. The van der Waals surface area contributed by atoms with Gasteiger partial charge in [-0.2, -0.15) is 0 Å². The van der Waals surface area contributed by atoms with Crippen LogP contribution in [0.3, 0.4) is 0 Å². The van der Waals surface area contributed by atoms with Crippen LogP contribution in [-0.4, -0.2) is 60.5 Å². The summed E-state index contributed by atoms with van der Waals surface area (Å²) in [4.78, 5) is 20.9. The van der Waals surface area contributed by atoms with E-state index in [0.717, 1.165) is 26.1 Å². The molecule has 1 aromatic heterocycles. The van der Waals surface area contributed by atoms with E-state index in [4.69, 9.17) is 11.6 Å². The molecule has 0 spiro atoms. The Bertz CT molecular complexity index is 494. The first-order valence-corrected chi connectivity index (χ1v) is 7.27. The molecule has 1 fully saturated rings. The molecule has 0 saturated carbocycles. The van der Waals surface area contributed by atoms with Gasteiger partial charge in [-0.05, 0) is 19.5 Å². The number of aromatic nitrogens is 1. The lowest BCUT2D eigenvalue weighted by Crippen LogP contribution is -2.53. The van der Waals surface area contributed by atoms with Crippen molar-refractivity contribution in [2.75, 3.05) is 39.0 Å². The molecule has 1 aromatic rings. The molecule has 0 aliphatic carbocycles. The molecule has 1 aliphatic rings. The molecule has 20 heavy (non-hydrogen) atoms. The van der Waals surface area contributed by atoms with Crippen molar-refractivity contribution in [3.63, 3.8) is 0 Å². The van der Waals surface area contributed by atoms with Crippen LogP contribution >= 0.6 is 11.6 Å². The quantitative estimate of drug-likeness (QED) is 0.926. The maximum absolute atomic E-state index is 12.5. The highest BCUT2D eigenvalue weighted by Gasteiger charge is 2.27. The minimum Gasteiger partial charge on any atom is -0.372 e. The highest BCUT2D eigenvalue weighted by molar-refractivity contribution is 6.33. The predicted molar refractivity (Wildman–Crippen MR) is 81.4 cm³/mol. The summed E-state index contributed by atoms with van der Waals surface area (Å²) in [6, 6.07) is 2.11. The highest BCUT2D eigenvalue weighted by atomic mass is 35.5. The van der Waals surface area contributed by atoms with Crippen LogP contribution in [0, 0.1) is 0 Å². The molecule has 1 atom stereocenters. The van der Waals surface area contributed by atoms with E-state index in [1.807, 2.05) is 4.90 Å². The maximum Gasteiger partial charge on any atom is 0.255 e. The number of carbonyl (C=O) groups excluding carboxylic acids is 1. The molecule has 6 heteroatoms. The van der Waals surface area contributed by atoms with Gasteiger partial charge in [-0.1, -0.05) is 18.5 Å². The van der Waals surface area contributed by atoms with E-state index in [1.165, 1.54) is 0 Å². The van der Waals surface area contributed by atoms with Crippen LogP contribution in [0.1, 0.15) is 23.7 Å². The first kappa shape index (κ1) is 15.1. The second kappa shape index (κ2) is 6.41.